The van der Waals surface area contributed by atoms with Gasteiger partial charge in [0.25, 0.3) is 0 Å². The number of hydrogen-bond donors (Lipinski definition) is 4. The highest BCUT2D eigenvalue weighted by molar-refractivity contribution is 5.93. The van der Waals surface area contributed by atoms with E-state index in [9.17, 15) is 19.5 Å². The summed E-state index contributed by atoms with van der Waals surface area (Å²) in [6.45, 7) is 7.04. The van der Waals surface area contributed by atoms with E-state index in [-0.39, 0.29) is 29.4 Å². The Kier molecular flexibility index (Phi) is 11.8. The number of para-hydroxylation sites is 1. The summed E-state index contributed by atoms with van der Waals surface area (Å²) >= 11 is 0. The molecule has 3 atom stereocenters. The molecule has 9 nitrogen and oxygen atoms in total. The van der Waals surface area contributed by atoms with Gasteiger partial charge in [0.2, 0.25) is 17.7 Å². The molecule has 40 heavy (non-hydrogen) atoms. The molecular weight excluding hydrogens is 508 g/mol. The first-order valence-electron chi connectivity index (χ1n) is 14.3. The second-order valence-corrected chi connectivity index (χ2v) is 10.8. The van der Waals surface area contributed by atoms with Gasteiger partial charge in [0.15, 0.2) is 0 Å². The first-order chi connectivity index (χ1) is 19.2. The summed E-state index contributed by atoms with van der Waals surface area (Å²) < 4.78 is 6.14. The molecular formula is C31H44N4O5. The second-order valence-electron chi connectivity index (χ2n) is 10.8. The molecule has 0 fully saturated rings. The maximum Gasteiger partial charge on any atom is 0.243 e. The van der Waals surface area contributed by atoms with E-state index in [1.807, 2.05) is 57.0 Å². The van der Waals surface area contributed by atoms with Crippen LogP contribution in [-0.2, 0) is 27.2 Å². The number of hydrogen-bond acceptors (Lipinski definition) is 6. The standard InChI is InChI=1S/C31H44N4O5/c1-5-9-25-29(37)32-17-8-11-23-10-6-7-12-27(23)40-19-18-35(4)26(20-22-13-15-24(36)16-14-22)30(38)34-28(21(2)3)31(39)33-25/h6-7,10,12-16,21,25-26,28,36H,5,8-9,11,17-20H2,1-4H3,(H,32,37)(H,33,39)(H,34,38)/t25-,26+,28+/m0/s1. The Balaban J connectivity index is 1.90. The molecule has 0 saturated carbocycles. The van der Waals surface area contributed by atoms with Crippen molar-refractivity contribution in [3.05, 3.63) is 59.7 Å². The number of likely N-dealkylation sites (N-methyl/N-ethyl adjacent to an activating group) is 1. The highest BCUT2D eigenvalue weighted by atomic mass is 16.5. The van der Waals surface area contributed by atoms with Crippen molar-refractivity contribution >= 4 is 17.7 Å². The third-order valence-electron chi connectivity index (χ3n) is 7.25. The third-order valence-corrected chi connectivity index (χ3v) is 7.25. The number of aryl methyl sites for hydroxylation is 1. The van der Waals surface area contributed by atoms with Crippen LogP contribution in [0.15, 0.2) is 48.5 Å². The number of amides is 3. The lowest BCUT2D eigenvalue weighted by molar-refractivity contribution is -0.134. The molecule has 218 valence electrons. The molecule has 0 aliphatic carbocycles. The van der Waals surface area contributed by atoms with Crippen LogP contribution >= 0.6 is 0 Å². The smallest absolute Gasteiger partial charge is 0.243 e. The van der Waals surface area contributed by atoms with Crippen molar-refractivity contribution in [3.8, 4) is 11.5 Å². The normalized spacial score (nSPS) is 22.2. The van der Waals surface area contributed by atoms with E-state index in [1.54, 1.807) is 24.3 Å². The minimum atomic E-state index is -0.808. The number of carbonyl (C=O) groups is 3. The monoisotopic (exact) mass is 552 g/mol. The summed E-state index contributed by atoms with van der Waals surface area (Å²) in [4.78, 5) is 42.0. The Labute approximate surface area is 237 Å². The van der Waals surface area contributed by atoms with Gasteiger partial charge in [-0.25, -0.2) is 0 Å². The predicted octanol–water partition coefficient (Wildman–Crippen LogP) is 2.80. The third kappa shape index (κ3) is 8.98. The molecule has 0 radical (unpaired) electrons. The SMILES string of the molecule is CCC[C@@H]1NC(=O)[C@@H](C(C)C)NC(=O)[C@@H](Cc2ccc(O)cc2)N(C)CCOc2ccccc2CCCNC1=O. The van der Waals surface area contributed by atoms with Crippen LogP contribution in [0.3, 0.4) is 0 Å². The number of ether oxygens (including phenoxy) is 1. The van der Waals surface area contributed by atoms with Crippen LogP contribution < -0.4 is 20.7 Å². The number of rotatable bonds is 5. The molecule has 0 bridgehead atoms. The van der Waals surface area contributed by atoms with E-state index in [2.05, 4.69) is 16.0 Å². The summed E-state index contributed by atoms with van der Waals surface area (Å²) in [5.41, 5.74) is 1.93. The topological polar surface area (TPSA) is 120 Å². The molecule has 3 rings (SSSR count). The maximum absolute atomic E-state index is 13.7. The Morgan fingerprint density at radius 1 is 1.00 bits per heavy atom. The van der Waals surface area contributed by atoms with Crippen molar-refractivity contribution in [1.29, 1.82) is 0 Å². The largest absolute Gasteiger partial charge is 0.508 e. The number of phenols is 1. The number of benzene rings is 2. The highest BCUT2D eigenvalue weighted by Gasteiger charge is 2.32. The van der Waals surface area contributed by atoms with Crippen molar-refractivity contribution in [2.75, 3.05) is 26.7 Å². The van der Waals surface area contributed by atoms with E-state index in [0.717, 1.165) is 36.1 Å². The van der Waals surface area contributed by atoms with Gasteiger partial charge in [-0.3, -0.25) is 19.3 Å². The van der Waals surface area contributed by atoms with Gasteiger partial charge in [-0.05, 0) is 68.0 Å². The zero-order valence-electron chi connectivity index (χ0n) is 24.1. The summed E-state index contributed by atoms with van der Waals surface area (Å²) in [7, 11) is 1.87. The summed E-state index contributed by atoms with van der Waals surface area (Å²) in [6, 6.07) is 12.5. The quantitative estimate of drug-likeness (QED) is 0.453. The minimum Gasteiger partial charge on any atom is -0.508 e. The molecule has 4 N–H and O–H groups in total. The van der Waals surface area contributed by atoms with E-state index in [1.165, 1.54) is 0 Å². The number of carbonyl (C=O) groups excluding carboxylic acids is 3. The van der Waals surface area contributed by atoms with Gasteiger partial charge < -0.3 is 25.8 Å². The molecule has 3 amide bonds. The highest BCUT2D eigenvalue weighted by Crippen LogP contribution is 2.20. The minimum absolute atomic E-state index is 0.153. The molecule has 0 unspecified atom stereocenters. The zero-order chi connectivity index (χ0) is 29.1. The van der Waals surface area contributed by atoms with Gasteiger partial charge in [0.1, 0.15) is 30.2 Å². The number of nitrogens with one attached hydrogen (secondary N) is 3. The van der Waals surface area contributed by atoms with Crippen molar-refractivity contribution < 1.29 is 24.2 Å². The Hall–Kier alpha value is -3.59. The number of aromatic hydroxyl groups is 1. The second kappa shape index (κ2) is 15.3. The van der Waals surface area contributed by atoms with Crippen molar-refractivity contribution in [2.45, 2.75) is 71.0 Å². The Morgan fingerprint density at radius 2 is 1.73 bits per heavy atom. The van der Waals surface area contributed by atoms with Crippen LogP contribution in [0.4, 0.5) is 0 Å². The molecule has 2 aromatic rings. The lowest BCUT2D eigenvalue weighted by Gasteiger charge is -2.31. The maximum atomic E-state index is 13.7. The fraction of sp³-hybridized carbons (Fsp3) is 0.516. The van der Waals surface area contributed by atoms with Crippen molar-refractivity contribution in [3.63, 3.8) is 0 Å². The van der Waals surface area contributed by atoms with Gasteiger partial charge in [-0.15, -0.1) is 0 Å². The van der Waals surface area contributed by atoms with Crippen molar-refractivity contribution in [1.82, 2.24) is 20.9 Å². The summed E-state index contributed by atoms with van der Waals surface area (Å²) in [5.74, 6) is -0.137. The van der Waals surface area contributed by atoms with E-state index in [4.69, 9.17) is 4.74 Å². The van der Waals surface area contributed by atoms with Crippen LogP contribution in [0.5, 0.6) is 11.5 Å². The molecule has 2 aromatic carbocycles. The van der Waals surface area contributed by atoms with Crippen molar-refractivity contribution in [2.24, 2.45) is 5.92 Å². The lowest BCUT2D eigenvalue weighted by atomic mass is 9.99. The average molecular weight is 553 g/mol. The molecule has 1 heterocycles. The van der Waals surface area contributed by atoms with Crippen LogP contribution in [0.2, 0.25) is 0 Å². The van der Waals surface area contributed by atoms with Crippen LogP contribution in [-0.4, -0.2) is 72.6 Å². The van der Waals surface area contributed by atoms with E-state index >= 15 is 0 Å². The van der Waals surface area contributed by atoms with Gasteiger partial charge in [0, 0.05) is 13.1 Å². The number of phenolic OH excluding ortho intramolecular Hbond substituents is 1. The zero-order valence-corrected chi connectivity index (χ0v) is 24.1. The fourth-order valence-electron chi connectivity index (χ4n) is 4.83. The Bertz CT molecular complexity index is 1120. The van der Waals surface area contributed by atoms with E-state index in [0.29, 0.717) is 32.5 Å². The van der Waals surface area contributed by atoms with Crippen LogP contribution in [0, 0.1) is 5.92 Å². The lowest BCUT2D eigenvalue weighted by Crippen LogP contribution is -2.58. The van der Waals surface area contributed by atoms with Gasteiger partial charge in [-0.1, -0.05) is 57.5 Å². The van der Waals surface area contributed by atoms with Gasteiger partial charge in [0.05, 0.1) is 6.04 Å². The average Bonchev–Trinajstić information content (AvgIpc) is 2.93. The summed E-state index contributed by atoms with van der Waals surface area (Å²) in [6.07, 6.45) is 3.07. The van der Waals surface area contributed by atoms with Crippen LogP contribution in [0.25, 0.3) is 0 Å². The first kappa shape index (κ1) is 30.9. The molecule has 0 saturated heterocycles. The molecule has 0 aromatic heterocycles. The summed E-state index contributed by atoms with van der Waals surface area (Å²) in [5, 5.41) is 18.5. The number of fused-ring (bicyclic) bond motifs is 1. The Morgan fingerprint density at radius 3 is 2.42 bits per heavy atom. The van der Waals surface area contributed by atoms with E-state index < -0.39 is 18.1 Å². The molecule has 1 aliphatic rings. The van der Waals surface area contributed by atoms with Gasteiger partial charge >= 0.3 is 0 Å². The molecule has 9 heteroatoms. The molecule has 1 aliphatic heterocycles. The fourth-order valence-corrected chi connectivity index (χ4v) is 4.83. The predicted molar refractivity (Wildman–Crippen MR) is 155 cm³/mol. The number of nitrogens with zero attached hydrogens (tertiary/aromatic N) is 1. The van der Waals surface area contributed by atoms with Gasteiger partial charge in [-0.2, -0.15) is 0 Å². The van der Waals surface area contributed by atoms with Crippen LogP contribution in [0.1, 0.15) is 51.2 Å². The first-order valence-corrected chi connectivity index (χ1v) is 14.3. The molecule has 0 spiro atoms.